The van der Waals surface area contributed by atoms with E-state index in [2.05, 4.69) is 21.6 Å². The molecule has 1 aromatic heterocycles. The van der Waals surface area contributed by atoms with Gasteiger partial charge in [-0.25, -0.2) is 0 Å². The van der Waals surface area contributed by atoms with Gasteiger partial charge in [0.1, 0.15) is 0 Å². The molecule has 1 N–H and O–H groups in total. The average Bonchev–Trinajstić information content (AvgIpc) is 3.01. The molecule has 0 saturated heterocycles. The Labute approximate surface area is 155 Å². The minimum absolute atomic E-state index is 0.162. The van der Waals surface area contributed by atoms with Crippen molar-refractivity contribution in [2.75, 3.05) is 11.1 Å². The fraction of sp³-hybridized carbons (Fsp3) is 0.158. The van der Waals surface area contributed by atoms with Crippen LogP contribution in [0.25, 0.3) is 11.4 Å². The van der Waals surface area contributed by atoms with Crippen LogP contribution in [0, 0.1) is 18.3 Å². The third-order valence-electron chi connectivity index (χ3n) is 3.72. The second-order valence-electron chi connectivity index (χ2n) is 5.76. The monoisotopic (exact) mass is 363 g/mol. The lowest BCUT2D eigenvalue weighted by Gasteiger charge is -2.06. The Hall–Kier alpha value is -3.11. The van der Waals surface area contributed by atoms with E-state index in [-0.39, 0.29) is 11.7 Å². The molecule has 26 heavy (non-hydrogen) atoms. The van der Waals surface area contributed by atoms with Crippen LogP contribution in [0.5, 0.6) is 0 Å². The molecule has 3 aromatic rings. The van der Waals surface area contributed by atoms with Gasteiger partial charge in [-0.1, -0.05) is 41.6 Å². The molecule has 130 valence electrons. The van der Waals surface area contributed by atoms with Crippen molar-refractivity contribution in [1.29, 1.82) is 5.26 Å². The van der Waals surface area contributed by atoms with Crippen molar-refractivity contribution in [2.45, 2.75) is 12.1 Å². The molecular formula is C19H17N5OS. The van der Waals surface area contributed by atoms with Crippen LogP contribution in [0.15, 0.2) is 53.7 Å². The van der Waals surface area contributed by atoms with Crippen LogP contribution in [0.1, 0.15) is 11.1 Å². The number of rotatable bonds is 5. The Balaban J connectivity index is 1.65. The number of aromatic nitrogens is 3. The highest BCUT2D eigenvalue weighted by Gasteiger charge is 2.13. The largest absolute Gasteiger partial charge is 0.325 e. The molecule has 0 fully saturated rings. The molecule has 6 nitrogen and oxygen atoms in total. The number of nitriles is 1. The van der Waals surface area contributed by atoms with Crippen LogP contribution in [-0.4, -0.2) is 26.4 Å². The third kappa shape index (κ3) is 4.10. The molecule has 0 aliphatic rings. The maximum Gasteiger partial charge on any atom is 0.234 e. The van der Waals surface area contributed by atoms with E-state index >= 15 is 0 Å². The highest BCUT2D eigenvalue weighted by Crippen LogP contribution is 2.23. The second-order valence-corrected chi connectivity index (χ2v) is 6.71. The van der Waals surface area contributed by atoms with Gasteiger partial charge < -0.3 is 9.88 Å². The van der Waals surface area contributed by atoms with E-state index < -0.39 is 0 Å². The summed E-state index contributed by atoms with van der Waals surface area (Å²) in [6.07, 6.45) is 0. The van der Waals surface area contributed by atoms with Gasteiger partial charge in [0.2, 0.25) is 5.91 Å². The van der Waals surface area contributed by atoms with Crippen LogP contribution in [0.3, 0.4) is 0 Å². The molecule has 7 heteroatoms. The number of nitrogens with one attached hydrogen (secondary N) is 1. The van der Waals surface area contributed by atoms with Crippen molar-refractivity contribution in [2.24, 2.45) is 7.05 Å². The predicted molar refractivity (Wildman–Crippen MR) is 102 cm³/mol. The Morgan fingerprint density at radius 1 is 1.23 bits per heavy atom. The number of hydrogen-bond acceptors (Lipinski definition) is 5. The zero-order valence-electron chi connectivity index (χ0n) is 14.4. The maximum absolute atomic E-state index is 12.1. The van der Waals surface area contributed by atoms with Gasteiger partial charge in [-0.05, 0) is 31.2 Å². The van der Waals surface area contributed by atoms with E-state index in [1.54, 1.807) is 24.3 Å². The first kappa shape index (κ1) is 17.7. The van der Waals surface area contributed by atoms with Crippen LogP contribution in [-0.2, 0) is 11.8 Å². The predicted octanol–water partition coefficient (Wildman–Crippen LogP) is 3.39. The summed E-state index contributed by atoms with van der Waals surface area (Å²) in [6.45, 7) is 2.03. The summed E-state index contributed by atoms with van der Waals surface area (Å²) in [5.41, 5.74) is 3.25. The van der Waals surface area contributed by atoms with Crippen molar-refractivity contribution in [3.63, 3.8) is 0 Å². The molecule has 3 rings (SSSR count). The number of nitrogens with zero attached hydrogens (tertiary/aromatic N) is 4. The summed E-state index contributed by atoms with van der Waals surface area (Å²) in [6, 6.07) is 16.9. The topological polar surface area (TPSA) is 83.6 Å². The van der Waals surface area contributed by atoms with Gasteiger partial charge in [-0.3, -0.25) is 4.79 Å². The summed E-state index contributed by atoms with van der Waals surface area (Å²) in [7, 11) is 1.88. The van der Waals surface area contributed by atoms with Gasteiger partial charge >= 0.3 is 0 Å². The lowest BCUT2D eigenvalue weighted by molar-refractivity contribution is -0.113. The summed E-state index contributed by atoms with van der Waals surface area (Å²) in [4.78, 5) is 12.1. The van der Waals surface area contributed by atoms with Gasteiger partial charge in [-0.2, -0.15) is 5.26 Å². The van der Waals surface area contributed by atoms with Crippen LogP contribution in [0.4, 0.5) is 5.69 Å². The number of carbonyl (C=O) groups is 1. The molecule has 0 aliphatic carbocycles. The molecule has 0 saturated carbocycles. The fourth-order valence-electron chi connectivity index (χ4n) is 2.47. The average molecular weight is 363 g/mol. The zero-order valence-corrected chi connectivity index (χ0v) is 15.2. The normalized spacial score (nSPS) is 10.3. The van der Waals surface area contributed by atoms with Crippen molar-refractivity contribution in [3.05, 3.63) is 59.7 Å². The summed E-state index contributed by atoms with van der Waals surface area (Å²) < 4.78 is 1.88. The van der Waals surface area contributed by atoms with Crippen LogP contribution in [0.2, 0.25) is 0 Å². The zero-order chi connectivity index (χ0) is 18.5. The first-order chi connectivity index (χ1) is 12.6. The first-order valence-electron chi connectivity index (χ1n) is 7.96. The molecule has 0 radical (unpaired) electrons. The van der Waals surface area contributed by atoms with E-state index in [1.165, 1.54) is 11.8 Å². The lowest BCUT2D eigenvalue weighted by Crippen LogP contribution is -2.14. The summed E-state index contributed by atoms with van der Waals surface area (Å²) in [5.74, 6) is 0.805. The molecule has 0 bridgehead atoms. The van der Waals surface area contributed by atoms with Gasteiger partial charge in [-0.15, -0.1) is 10.2 Å². The maximum atomic E-state index is 12.1. The standard InChI is InChI=1S/C19H17N5OS/c1-13-5-3-7-15(9-13)18-22-23-19(24(18)2)26-12-17(25)21-16-8-4-6-14(10-16)11-20/h3-10H,12H2,1-2H3,(H,21,25). The van der Waals surface area contributed by atoms with E-state index in [0.29, 0.717) is 16.4 Å². The highest BCUT2D eigenvalue weighted by atomic mass is 32.2. The van der Waals surface area contributed by atoms with E-state index in [9.17, 15) is 4.79 Å². The quantitative estimate of drug-likeness (QED) is 0.703. The van der Waals surface area contributed by atoms with Crippen molar-refractivity contribution < 1.29 is 4.79 Å². The molecule has 0 atom stereocenters. The van der Waals surface area contributed by atoms with Gasteiger partial charge in [0.25, 0.3) is 0 Å². The summed E-state index contributed by atoms with van der Waals surface area (Å²) in [5, 5.41) is 20.8. The van der Waals surface area contributed by atoms with Crippen LogP contribution >= 0.6 is 11.8 Å². The minimum Gasteiger partial charge on any atom is -0.325 e. The number of anilines is 1. The molecule has 0 unspecified atom stereocenters. The van der Waals surface area contributed by atoms with Crippen molar-refractivity contribution in [3.8, 4) is 17.5 Å². The fourth-order valence-corrected chi connectivity index (χ4v) is 3.18. The van der Waals surface area contributed by atoms with E-state index in [1.807, 2.05) is 42.8 Å². The van der Waals surface area contributed by atoms with Crippen molar-refractivity contribution >= 4 is 23.4 Å². The van der Waals surface area contributed by atoms with E-state index in [4.69, 9.17) is 5.26 Å². The Bertz CT molecular complexity index is 990. The van der Waals surface area contributed by atoms with E-state index in [0.717, 1.165) is 17.0 Å². The molecular weight excluding hydrogens is 346 g/mol. The Kier molecular flexibility index (Phi) is 5.34. The first-order valence-corrected chi connectivity index (χ1v) is 8.94. The second kappa shape index (κ2) is 7.85. The molecule has 2 aromatic carbocycles. The number of amides is 1. The number of thioether (sulfide) groups is 1. The van der Waals surface area contributed by atoms with Gasteiger partial charge in [0, 0.05) is 18.3 Å². The smallest absolute Gasteiger partial charge is 0.234 e. The number of carbonyl (C=O) groups excluding carboxylic acids is 1. The van der Waals surface area contributed by atoms with Gasteiger partial charge in [0.15, 0.2) is 11.0 Å². The number of benzene rings is 2. The molecule has 0 spiro atoms. The molecule has 1 heterocycles. The van der Waals surface area contributed by atoms with Crippen molar-refractivity contribution in [1.82, 2.24) is 14.8 Å². The number of aryl methyl sites for hydroxylation is 1. The summed E-state index contributed by atoms with van der Waals surface area (Å²) >= 11 is 1.32. The molecule has 0 aliphatic heterocycles. The molecule has 1 amide bonds. The lowest BCUT2D eigenvalue weighted by atomic mass is 10.1. The minimum atomic E-state index is -0.162. The third-order valence-corrected chi connectivity index (χ3v) is 4.74. The SMILES string of the molecule is Cc1cccc(-c2nnc(SCC(=O)Nc3cccc(C#N)c3)n2C)c1. The number of hydrogen-bond donors (Lipinski definition) is 1. The van der Waals surface area contributed by atoms with Gasteiger partial charge in [0.05, 0.1) is 17.4 Å². The highest BCUT2D eigenvalue weighted by molar-refractivity contribution is 7.99. The Morgan fingerprint density at radius 3 is 2.81 bits per heavy atom. The Morgan fingerprint density at radius 2 is 2.04 bits per heavy atom. The van der Waals surface area contributed by atoms with Crippen LogP contribution < -0.4 is 5.32 Å².